The van der Waals surface area contributed by atoms with Gasteiger partial charge in [-0.25, -0.2) is 18.4 Å². The summed E-state index contributed by atoms with van der Waals surface area (Å²) in [4.78, 5) is 8.99. The zero-order chi connectivity index (χ0) is 20.4. The predicted molar refractivity (Wildman–Crippen MR) is 110 cm³/mol. The van der Waals surface area contributed by atoms with Crippen LogP contribution in [0.3, 0.4) is 0 Å². The maximum Gasteiger partial charge on any atom is 0.224 e. The molecule has 7 nitrogen and oxygen atoms in total. The van der Waals surface area contributed by atoms with Gasteiger partial charge < -0.3 is 10.1 Å². The Balaban J connectivity index is 1.76. The van der Waals surface area contributed by atoms with Crippen LogP contribution in [0.4, 0.5) is 5.13 Å². The molecule has 0 bridgehead atoms. The number of aromatic nitrogens is 3. The third kappa shape index (κ3) is 5.05. The summed E-state index contributed by atoms with van der Waals surface area (Å²) in [7, 11) is -3.31. The average Bonchev–Trinajstić information content (AvgIpc) is 3.10. The number of rotatable bonds is 6. The molecule has 0 aliphatic heterocycles. The first kappa shape index (κ1) is 20.2. The molecule has 0 amide bonds. The van der Waals surface area contributed by atoms with Crippen molar-refractivity contribution in [2.75, 3.05) is 11.6 Å². The van der Waals surface area contributed by atoms with Gasteiger partial charge in [-0.1, -0.05) is 32.9 Å². The third-order valence-electron chi connectivity index (χ3n) is 3.83. The Morgan fingerprint density at radius 1 is 1.18 bits per heavy atom. The molecule has 3 aromatic rings. The van der Waals surface area contributed by atoms with Crippen LogP contribution in [-0.4, -0.2) is 29.0 Å². The molecule has 0 aliphatic rings. The molecule has 0 radical (unpaired) electrons. The Hall–Kier alpha value is -2.52. The molecule has 0 spiro atoms. The first-order valence-corrected chi connectivity index (χ1v) is 11.3. The van der Waals surface area contributed by atoms with E-state index >= 15 is 0 Å². The van der Waals surface area contributed by atoms with Crippen LogP contribution in [0.25, 0.3) is 0 Å². The minimum absolute atomic E-state index is 0.108. The number of hydrogen-bond acceptors (Lipinski definition) is 8. The predicted octanol–water partition coefficient (Wildman–Crippen LogP) is 4.04. The summed E-state index contributed by atoms with van der Waals surface area (Å²) in [6.07, 6.45) is 2.79. The van der Waals surface area contributed by atoms with Gasteiger partial charge in [0.05, 0.1) is 4.90 Å². The monoisotopic (exact) mass is 418 g/mol. The van der Waals surface area contributed by atoms with Gasteiger partial charge >= 0.3 is 0 Å². The highest BCUT2D eigenvalue weighted by atomic mass is 32.2. The van der Waals surface area contributed by atoms with E-state index in [2.05, 4.69) is 40.4 Å². The van der Waals surface area contributed by atoms with Gasteiger partial charge in [-0.15, -0.1) is 0 Å². The summed E-state index contributed by atoms with van der Waals surface area (Å²) in [6.45, 7) is 6.65. The summed E-state index contributed by atoms with van der Waals surface area (Å²) in [6, 6.07) is 10.1. The number of anilines is 1. The molecule has 1 aromatic carbocycles. The molecule has 28 heavy (non-hydrogen) atoms. The van der Waals surface area contributed by atoms with Crippen molar-refractivity contribution >= 4 is 26.5 Å². The standard InChI is InChI=1S/C19H22N4O3S2/c1-19(2,3)17-22-18(27-23-17)21-12-13-7-6-10-20-16(13)26-14-8-5-9-15(11-14)28(4,24)25/h5-11H,12H2,1-4H3,(H,21,22,23). The minimum Gasteiger partial charge on any atom is -0.439 e. The average molecular weight is 419 g/mol. The van der Waals surface area contributed by atoms with Crippen LogP contribution >= 0.6 is 11.5 Å². The normalized spacial score (nSPS) is 12.0. The number of ether oxygens (including phenoxy) is 1. The fourth-order valence-corrected chi connectivity index (χ4v) is 3.71. The van der Waals surface area contributed by atoms with Gasteiger partial charge in [0.15, 0.2) is 9.84 Å². The second-order valence-electron chi connectivity index (χ2n) is 7.34. The molecule has 2 heterocycles. The Morgan fingerprint density at radius 3 is 2.64 bits per heavy atom. The number of sulfone groups is 1. The molecule has 3 rings (SSSR count). The smallest absolute Gasteiger partial charge is 0.224 e. The zero-order valence-electron chi connectivity index (χ0n) is 16.1. The molecule has 0 unspecified atom stereocenters. The highest BCUT2D eigenvalue weighted by molar-refractivity contribution is 7.90. The van der Waals surface area contributed by atoms with Crippen molar-refractivity contribution in [1.82, 2.24) is 14.3 Å². The van der Waals surface area contributed by atoms with E-state index in [9.17, 15) is 8.42 Å². The third-order valence-corrected chi connectivity index (χ3v) is 5.61. The SMILES string of the molecule is CC(C)(C)c1nsc(NCc2cccnc2Oc2cccc(S(C)(=O)=O)c2)n1. The molecular formula is C19H22N4O3S2. The van der Waals surface area contributed by atoms with Gasteiger partial charge in [0.1, 0.15) is 11.6 Å². The lowest BCUT2D eigenvalue weighted by molar-refractivity contribution is 0.455. The van der Waals surface area contributed by atoms with Gasteiger partial charge in [0.2, 0.25) is 11.0 Å². The summed E-state index contributed by atoms with van der Waals surface area (Å²) in [5.74, 6) is 1.61. The number of nitrogens with zero attached hydrogens (tertiary/aromatic N) is 3. The first-order valence-electron chi connectivity index (χ1n) is 8.63. The van der Waals surface area contributed by atoms with Gasteiger partial charge in [-0.05, 0) is 24.3 Å². The van der Waals surface area contributed by atoms with E-state index in [1.54, 1.807) is 18.3 Å². The summed E-state index contributed by atoms with van der Waals surface area (Å²) in [5, 5.41) is 3.97. The Bertz CT molecular complexity index is 1070. The topological polar surface area (TPSA) is 94.1 Å². The van der Waals surface area contributed by atoms with Crippen molar-refractivity contribution in [3.63, 3.8) is 0 Å². The molecule has 9 heteroatoms. The fourth-order valence-electron chi connectivity index (χ4n) is 2.30. The van der Waals surface area contributed by atoms with Gasteiger partial charge in [-0.3, -0.25) is 0 Å². The molecule has 0 aliphatic carbocycles. The van der Waals surface area contributed by atoms with Gasteiger partial charge in [-0.2, -0.15) is 4.37 Å². The van der Waals surface area contributed by atoms with Crippen LogP contribution in [-0.2, 0) is 21.8 Å². The lowest BCUT2D eigenvalue weighted by Crippen LogP contribution is -2.13. The lowest BCUT2D eigenvalue weighted by Gasteiger charge is -2.12. The Morgan fingerprint density at radius 2 is 1.96 bits per heavy atom. The van der Waals surface area contributed by atoms with Crippen molar-refractivity contribution in [2.45, 2.75) is 37.6 Å². The highest BCUT2D eigenvalue weighted by Gasteiger charge is 2.19. The summed E-state index contributed by atoms with van der Waals surface area (Å²) in [5.41, 5.74) is 0.712. The number of nitrogens with one attached hydrogen (secondary N) is 1. The molecule has 0 atom stereocenters. The van der Waals surface area contributed by atoms with Crippen molar-refractivity contribution in [1.29, 1.82) is 0 Å². The first-order chi connectivity index (χ1) is 13.1. The lowest BCUT2D eigenvalue weighted by atomic mass is 9.96. The maximum atomic E-state index is 11.7. The van der Waals surface area contributed by atoms with Crippen LogP contribution in [0.5, 0.6) is 11.6 Å². The quantitative estimate of drug-likeness (QED) is 0.645. The van der Waals surface area contributed by atoms with E-state index in [0.717, 1.165) is 22.8 Å². The van der Waals surface area contributed by atoms with Crippen molar-refractivity contribution < 1.29 is 13.2 Å². The van der Waals surface area contributed by atoms with Crippen LogP contribution in [0.15, 0.2) is 47.5 Å². The van der Waals surface area contributed by atoms with Crippen LogP contribution in [0.1, 0.15) is 32.2 Å². The van der Waals surface area contributed by atoms with Crippen LogP contribution in [0.2, 0.25) is 0 Å². The maximum absolute atomic E-state index is 11.7. The van der Waals surface area contributed by atoms with E-state index in [1.165, 1.54) is 23.7 Å². The second kappa shape index (κ2) is 7.84. The number of pyridine rings is 1. The minimum atomic E-state index is -3.31. The van der Waals surface area contributed by atoms with Gasteiger partial charge in [0, 0.05) is 41.5 Å². The van der Waals surface area contributed by atoms with E-state index in [0.29, 0.717) is 18.2 Å². The summed E-state index contributed by atoms with van der Waals surface area (Å²) < 4.78 is 33.7. The second-order valence-corrected chi connectivity index (χ2v) is 10.1. The Kier molecular flexibility index (Phi) is 5.66. The fraction of sp³-hybridized carbons (Fsp3) is 0.316. The Labute approximate surface area is 168 Å². The molecular weight excluding hydrogens is 396 g/mol. The van der Waals surface area contributed by atoms with Crippen molar-refractivity contribution in [3.05, 3.63) is 54.0 Å². The van der Waals surface area contributed by atoms with Crippen LogP contribution < -0.4 is 10.1 Å². The number of benzene rings is 1. The van der Waals surface area contributed by atoms with E-state index in [-0.39, 0.29) is 10.3 Å². The van der Waals surface area contributed by atoms with E-state index < -0.39 is 9.84 Å². The van der Waals surface area contributed by atoms with E-state index in [1.807, 2.05) is 12.1 Å². The largest absolute Gasteiger partial charge is 0.439 e. The molecule has 148 valence electrons. The summed E-state index contributed by atoms with van der Waals surface area (Å²) >= 11 is 1.31. The van der Waals surface area contributed by atoms with Gasteiger partial charge in [0.25, 0.3) is 0 Å². The van der Waals surface area contributed by atoms with Crippen molar-refractivity contribution in [3.8, 4) is 11.6 Å². The molecule has 2 aromatic heterocycles. The van der Waals surface area contributed by atoms with E-state index in [4.69, 9.17) is 4.74 Å². The van der Waals surface area contributed by atoms with Crippen molar-refractivity contribution in [2.24, 2.45) is 0 Å². The zero-order valence-corrected chi connectivity index (χ0v) is 17.8. The number of hydrogen-bond donors (Lipinski definition) is 1. The molecule has 0 saturated heterocycles. The molecule has 0 fully saturated rings. The highest BCUT2D eigenvalue weighted by Crippen LogP contribution is 2.27. The molecule has 1 N–H and O–H groups in total. The van der Waals surface area contributed by atoms with Crippen LogP contribution in [0, 0.1) is 0 Å². The molecule has 0 saturated carbocycles.